The monoisotopic (exact) mass is 302 g/mol. The van der Waals surface area contributed by atoms with Gasteiger partial charge < -0.3 is 10.1 Å². The fraction of sp³-hybridized carbons (Fsp3) is 0.455. The zero-order valence-electron chi connectivity index (χ0n) is 11.3. The van der Waals surface area contributed by atoms with E-state index in [-0.39, 0.29) is 17.8 Å². The molecule has 0 bridgehead atoms. The second kappa shape index (κ2) is 5.94. The summed E-state index contributed by atoms with van der Waals surface area (Å²) >= 11 is 0. The van der Waals surface area contributed by atoms with Gasteiger partial charge in [0.1, 0.15) is 6.33 Å². The van der Waals surface area contributed by atoms with Crippen molar-refractivity contribution in [3.05, 3.63) is 18.1 Å². The Morgan fingerprint density at radius 3 is 2.67 bits per heavy atom. The Bertz CT molecular complexity index is 612. The molecule has 0 radical (unpaired) electrons. The first kappa shape index (κ1) is 15.0. The summed E-state index contributed by atoms with van der Waals surface area (Å²) in [4.78, 5) is 11.0. The van der Waals surface area contributed by atoms with Gasteiger partial charge in [-0.25, -0.2) is 4.98 Å². The van der Waals surface area contributed by atoms with Crippen LogP contribution in [0.5, 0.6) is 11.9 Å². The lowest BCUT2D eigenvalue weighted by Crippen LogP contribution is -2.13. The molecule has 0 aliphatic carbocycles. The van der Waals surface area contributed by atoms with Crippen molar-refractivity contribution in [1.29, 1.82) is 0 Å². The van der Waals surface area contributed by atoms with E-state index >= 15 is 0 Å². The molecular weight excluding hydrogens is 289 g/mol. The van der Waals surface area contributed by atoms with Crippen LogP contribution in [0.3, 0.4) is 0 Å². The Morgan fingerprint density at radius 2 is 2.10 bits per heavy atom. The quantitative estimate of drug-likeness (QED) is 0.912. The Hall–Kier alpha value is -2.39. The predicted octanol–water partition coefficient (Wildman–Crippen LogP) is 2.24. The van der Waals surface area contributed by atoms with Crippen LogP contribution in [0.25, 0.3) is 0 Å². The maximum atomic E-state index is 12.8. The van der Waals surface area contributed by atoms with Gasteiger partial charge in [0.15, 0.2) is 5.69 Å². The minimum absolute atomic E-state index is 0.0919. The van der Waals surface area contributed by atoms with E-state index < -0.39 is 11.9 Å². The third kappa shape index (κ3) is 4.04. The molecule has 2 rings (SSSR count). The molecule has 2 aromatic heterocycles. The Morgan fingerprint density at radius 1 is 1.33 bits per heavy atom. The summed E-state index contributed by atoms with van der Waals surface area (Å²) in [6, 6.07) is 0.610. The van der Waals surface area contributed by atoms with Gasteiger partial charge in [-0.2, -0.15) is 23.1 Å². The van der Waals surface area contributed by atoms with E-state index in [0.717, 1.165) is 6.42 Å². The van der Waals surface area contributed by atoms with Crippen molar-refractivity contribution in [2.45, 2.75) is 19.5 Å². The number of nitrogens with zero attached hydrogens (tertiary/aromatic N) is 5. The summed E-state index contributed by atoms with van der Waals surface area (Å²) in [5.74, 6) is -0.431. The number of hydrogen-bond acceptors (Lipinski definition) is 6. The molecule has 0 unspecified atom stereocenters. The number of aryl methyl sites for hydroxylation is 1. The van der Waals surface area contributed by atoms with Crippen LogP contribution in [0.15, 0.2) is 12.4 Å². The number of hydrogen-bond donors (Lipinski definition) is 1. The van der Waals surface area contributed by atoms with E-state index in [1.54, 1.807) is 7.05 Å². The highest BCUT2D eigenvalue weighted by Gasteiger charge is 2.34. The maximum absolute atomic E-state index is 12.8. The molecule has 0 saturated heterocycles. The fourth-order valence-electron chi connectivity index (χ4n) is 1.40. The highest BCUT2D eigenvalue weighted by molar-refractivity contribution is 5.32. The van der Waals surface area contributed by atoms with Gasteiger partial charge >= 0.3 is 12.2 Å². The second-order valence-corrected chi connectivity index (χ2v) is 4.14. The van der Waals surface area contributed by atoms with E-state index in [1.165, 1.54) is 11.0 Å². The maximum Gasteiger partial charge on any atom is 0.433 e. The Labute approximate surface area is 118 Å². The van der Waals surface area contributed by atoms with Crippen LogP contribution in [-0.2, 0) is 13.2 Å². The normalized spacial score (nSPS) is 11.5. The molecule has 10 heteroatoms. The van der Waals surface area contributed by atoms with Crippen molar-refractivity contribution in [3.63, 3.8) is 0 Å². The first-order valence-electron chi connectivity index (χ1n) is 6.12. The zero-order chi connectivity index (χ0) is 15.5. The van der Waals surface area contributed by atoms with Gasteiger partial charge in [-0.15, -0.1) is 5.10 Å². The van der Waals surface area contributed by atoms with Gasteiger partial charge in [-0.3, -0.25) is 4.68 Å². The molecule has 0 fully saturated rings. The average Bonchev–Trinajstić information content (AvgIpc) is 2.80. The smallest absolute Gasteiger partial charge is 0.404 e. The van der Waals surface area contributed by atoms with Crippen LogP contribution >= 0.6 is 0 Å². The first-order chi connectivity index (χ1) is 9.88. The lowest BCUT2D eigenvalue weighted by atomic mass is 10.4. The Balaban J connectivity index is 2.30. The van der Waals surface area contributed by atoms with Crippen molar-refractivity contribution in [1.82, 2.24) is 24.7 Å². The molecule has 0 saturated carbocycles. The lowest BCUT2D eigenvalue weighted by molar-refractivity contribution is -0.141. The summed E-state index contributed by atoms with van der Waals surface area (Å²) in [5.41, 5.74) is -1.10. The molecule has 2 heterocycles. The van der Waals surface area contributed by atoms with Crippen LogP contribution in [0, 0.1) is 0 Å². The van der Waals surface area contributed by atoms with Crippen molar-refractivity contribution in [3.8, 4) is 11.9 Å². The molecule has 0 aromatic carbocycles. The van der Waals surface area contributed by atoms with Gasteiger partial charge in [-0.05, 0) is 6.42 Å². The average molecular weight is 302 g/mol. The van der Waals surface area contributed by atoms with Crippen molar-refractivity contribution >= 4 is 5.95 Å². The van der Waals surface area contributed by atoms with Crippen LogP contribution < -0.4 is 10.1 Å². The number of rotatable bonds is 5. The number of halogens is 3. The topological polar surface area (TPSA) is 77.8 Å². The molecular formula is C11H13F3N6O. The second-order valence-electron chi connectivity index (χ2n) is 4.14. The molecule has 0 atom stereocenters. The largest absolute Gasteiger partial charge is 0.433 e. The minimum atomic E-state index is -4.60. The van der Waals surface area contributed by atoms with E-state index in [4.69, 9.17) is 4.74 Å². The first-order valence-corrected chi connectivity index (χ1v) is 6.12. The van der Waals surface area contributed by atoms with Gasteiger partial charge in [-0.1, -0.05) is 6.92 Å². The molecule has 0 aliphatic heterocycles. The Kier molecular flexibility index (Phi) is 4.24. The third-order valence-corrected chi connectivity index (χ3v) is 2.30. The predicted molar refractivity (Wildman–Crippen MR) is 66.9 cm³/mol. The number of aromatic nitrogens is 5. The molecule has 7 nitrogen and oxygen atoms in total. The van der Waals surface area contributed by atoms with Crippen molar-refractivity contribution in [2.24, 2.45) is 7.05 Å². The van der Waals surface area contributed by atoms with Crippen LogP contribution in [-0.4, -0.2) is 31.3 Å². The summed E-state index contributed by atoms with van der Waals surface area (Å²) in [6.07, 6.45) is -2.52. The molecule has 21 heavy (non-hydrogen) atoms. The third-order valence-electron chi connectivity index (χ3n) is 2.30. The van der Waals surface area contributed by atoms with E-state index in [9.17, 15) is 13.2 Å². The molecule has 0 amide bonds. The molecule has 0 aliphatic rings. The number of alkyl halides is 3. The molecule has 1 N–H and O–H groups in total. The van der Waals surface area contributed by atoms with Gasteiger partial charge in [0.05, 0.1) is 0 Å². The molecule has 2 aromatic rings. The van der Waals surface area contributed by atoms with Gasteiger partial charge in [0.2, 0.25) is 11.8 Å². The van der Waals surface area contributed by atoms with E-state index in [1.807, 2.05) is 6.92 Å². The minimum Gasteiger partial charge on any atom is -0.404 e. The summed E-state index contributed by atoms with van der Waals surface area (Å²) in [5, 5.41) is 6.50. The van der Waals surface area contributed by atoms with E-state index in [2.05, 4.69) is 25.4 Å². The number of nitrogens with one attached hydrogen (secondary N) is 1. The fourth-order valence-corrected chi connectivity index (χ4v) is 1.40. The van der Waals surface area contributed by atoms with Gasteiger partial charge in [0, 0.05) is 19.7 Å². The molecule has 0 spiro atoms. The highest BCUT2D eigenvalue weighted by Crippen LogP contribution is 2.31. The summed E-state index contributed by atoms with van der Waals surface area (Å²) < 4.78 is 44.9. The standard InChI is InChI=1S/C11H13F3N6O/c1-3-4-15-9-17-7(11(12,13)14)5-8(18-9)21-10-16-6-20(2)19-10/h5-6H,3-4H2,1-2H3,(H,15,17,18). The van der Waals surface area contributed by atoms with E-state index in [0.29, 0.717) is 12.6 Å². The summed E-state index contributed by atoms with van der Waals surface area (Å²) in [7, 11) is 1.61. The molecule has 114 valence electrons. The van der Waals surface area contributed by atoms with Crippen LogP contribution in [0.1, 0.15) is 19.0 Å². The highest BCUT2D eigenvalue weighted by atomic mass is 19.4. The number of anilines is 1. The lowest BCUT2D eigenvalue weighted by Gasteiger charge is -2.10. The number of ether oxygens (including phenoxy) is 1. The van der Waals surface area contributed by atoms with Crippen LogP contribution in [0.4, 0.5) is 19.1 Å². The van der Waals surface area contributed by atoms with Crippen molar-refractivity contribution in [2.75, 3.05) is 11.9 Å². The van der Waals surface area contributed by atoms with Crippen molar-refractivity contribution < 1.29 is 17.9 Å². The SMILES string of the molecule is CCCNc1nc(Oc2ncn(C)n2)cc(C(F)(F)F)n1. The van der Waals surface area contributed by atoms with Gasteiger partial charge in [0.25, 0.3) is 0 Å². The zero-order valence-corrected chi connectivity index (χ0v) is 11.3. The van der Waals surface area contributed by atoms with Crippen LogP contribution in [0.2, 0.25) is 0 Å². The summed E-state index contributed by atoms with van der Waals surface area (Å²) in [6.45, 7) is 2.32.